The molecule has 4 heteroatoms. The van der Waals surface area contributed by atoms with Gasteiger partial charge in [-0.25, -0.2) is 0 Å². The summed E-state index contributed by atoms with van der Waals surface area (Å²) in [6.07, 6.45) is 2.86. The van der Waals surface area contributed by atoms with Gasteiger partial charge in [-0.05, 0) is 37.8 Å². The zero-order valence-corrected chi connectivity index (χ0v) is 9.56. The van der Waals surface area contributed by atoms with E-state index in [4.69, 9.17) is 5.26 Å². The van der Waals surface area contributed by atoms with Crippen molar-refractivity contribution in [3.8, 4) is 6.07 Å². The minimum absolute atomic E-state index is 0.569. The Labute approximate surface area is 95.9 Å². The maximum absolute atomic E-state index is 8.65. The zero-order chi connectivity index (χ0) is 11.4. The molecule has 1 fully saturated rings. The molecule has 84 valence electrons. The molecule has 0 aromatic carbocycles. The first-order chi connectivity index (χ1) is 7.79. The molecule has 0 unspecified atom stereocenters. The number of nitrogens with zero attached hydrogens (tertiary/aromatic N) is 4. The molecule has 1 aromatic rings. The molecule has 1 aliphatic rings. The lowest BCUT2D eigenvalue weighted by Gasteiger charge is -2.31. The van der Waals surface area contributed by atoms with Gasteiger partial charge in [0.2, 0.25) is 0 Å². The molecular formula is C12H16N4. The predicted molar refractivity (Wildman–Crippen MR) is 61.9 cm³/mol. The zero-order valence-electron chi connectivity index (χ0n) is 9.56. The summed E-state index contributed by atoms with van der Waals surface area (Å²) < 4.78 is 0. The SMILES string of the molecule is Cc1ccc(N2CCC(CC#N)CC2)nn1. The van der Waals surface area contributed by atoms with Crippen LogP contribution in [0, 0.1) is 24.2 Å². The van der Waals surface area contributed by atoms with Gasteiger partial charge in [0.05, 0.1) is 11.8 Å². The van der Waals surface area contributed by atoms with Crippen LogP contribution in [0.25, 0.3) is 0 Å². The summed E-state index contributed by atoms with van der Waals surface area (Å²) >= 11 is 0. The lowest BCUT2D eigenvalue weighted by Crippen LogP contribution is -2.34. The highest BCUT2D eigenvalue weighted by atomic mass is 15.3. The van der Waals surface area contributed by atoms with Crippen molar-refractivity contribution in [1.82, 2.24) is 10.2 Å². The van der Waals surface area contributed by atoms with Crippen LogP contribution in [0.15, 0.2) is 12.1 Å². The van der Waals surface area contributed by atoms with Gasteiger partial charge in [-0.3, -0.25) is 0 Å². The molecule has 1 aliphatic heterocycles. The number of piperidine rings is 1. The van der Waals surface area contributed by atoms with Gasteiger partial charge in [0, 0.05) is 19.5 Å². The summed E-state index contributed by atoms with van der Waals surface area (Å²) in [4.78, 5) is 2.25. The highest BCUT2D eigenvalue weighted by Crippen LogP contribution is 2.23. The number of aromatic nitrogens is 2. The number of aryl methyl sites for hydroxylation is 1. The van der Waals surface area contributed by atoms with Gasteiger partial charge in [-0.1, -0.05) is 0 Å². The molecule has 16 heavy (non-hydrogen) atoms. The van der Waals surface area contributed by atoms with E-state index in [0.29, 0.717) is 12.3 Å². The minimum atomic E-state index is 0.569. The third-order valence-electron chi connectivity index (χ3n) is 3.10. The summed E-state index contributed by atoms with van der Waals surface area (Å²) in [5.41, 5.74) is 0.947. The Kier molecular flexibility index (Phi) is 3.35. The number of rotatable bonds is 2. The maximum atomic E-state index is 8.65. The van der Waals surface area contributed by atoms with E-state index in [2.05, 4.69) is 21.2 Å². The second-order valence-electron chi connectivity index (χ2n) is 4.33. The molecule has 2 heterocycles. The number of anilines is 1. The Hall–Kier alpha value is -1.63. The predicted octanol–water partition coefficient (Wildman–Crippen LogP) is 1.92. The minimum Gasteiger partial charge on any atom is -0.355 e. The van der Waals surface area contributed by atoms with Crippen molar-refractivity contribution in [2.75, 3.05) is 18.0 Å². The van der Waals surface area contributed by atoms with Gasteiger partial charge >= 0.3 is 0 Å². The average molecular weight is 216 g/mol. The van der Waals surface area contributed by atoms with E-state index in [0.717, 1.165) is 37.4 Å². The topological polar surface area (TPSA) is 52.8 Å². The molecule has 0 N–H and O–H groups in total. The largest absolute Gasteiger partial charge is 0.355 e. The molecule has 0 radical (unpaired) electrons. The quantitative estimate of drug-likeness (QED) is 0.757. The molecule has 0 saturated carbocycles. The molecule has 0 aliphatic carbocycles. The van der Waals surface area contributed by atoms with Crippen LogP contribution in [0.1, 0.15) is 25.0 Å². The van der Waals surface area contributed by atoms with Gasteiger partial charge in [-0.2, -0.15) is 10.4 Å². The molecule has 1 saturated heterocycles. The fourth-order valence-corrected chi connectivity index (χ4v) is 2.06. The Bertz CT molecular complexity index is 371. The van der Waals surface area contributed by atoms with Crippen LogP contribution in [0.5, 0.6) is 0 Å². The van der Waals surface area contributed by atoms with Crippen molar-refractivity contribution < 1.29 is 0 Å². The van der Waals surface area contributed by atoms with Gasteiger partial charge in [0.1, 0.15) is 0 Å². The summed E-state index contributed by atoms with van der Waals surface area (Å²) in [7, 11) is 0. The summed E-state index contributed by atoms with van der Waals surface area (Å²) in [5, 5.41) is 16.9. The number of hydrogen-bond donors (Lipinski definition) is 0. The van der Waals surface area contributed by atoms with E-state index in [1.54, 1.807) is 0 Å². The second-order valence-corrected chi connectivity index (χ2v) is 4.33. The fourth-order valence-electron chi connectivity index (χ4n) is 2.06. The van der Waals surface area contributed by atoms with E-state index in [1.165, 1.54) is 0 Å². The molecule has 0 spiro atoms. The van der Waals surface area contributed by atoms with E-state index in [9.17, 15) is 0 Å². The van der Waals surface area contributed by atoms with Gasteiger partial charge in [0.15, 0.2) is 5.82 Å². The number of nitriles is 1. The van der Waals surface area contributed by atoms with E-state index in [1.807, 2.05) is 19.1 Å². The highest BCUT2D eigenvalue weighted by molar-refractivity contribution is 5.37. The maximum Gasteiger partial charge on any atom is 0.151 e. The highest BCUT2D eigenvalue weighted by Gasteiger charge is 2.19. The van der Waals surface area contributed by atoms with Gasteiger partial charge in [0.25, 0.3) is 0 Å². The second kappa shape index (κ2) is 4.93. The Morgan fingerprint density at radius 2 is 2.12 bits per heavy atom. The Balaban J connectivity index is 1.94. The van der Waals surface area contributed by atoms with Gasteiger partial charge < -0.3 is 4.90 Å². The lowest BCUT2D eigenvalue weighted by atomic mass is 9.94. The molecule has 0 bridgehead atoms. The smallest absolute Gasteiger partial charge is 0.151 e. The lowest BCUT2D eigenvalue weighted by molar-refractivity contribution is 0.410. The summed E-state index contributed by atoms with van der Waals surface area (Å²) in [5.74, 6) is 1.53. The van der Waals surface area contributed by atoms with E-state index >= 15 is 0 Å². The first-order valence-electron chi connectivity index (χ1n) is 5.72. The standard InChI is InChI=1S/C12H16N4/c1-10-2-3-12(15-14-10)16-8-5-11(4-7-13)6-9-16/h2-3,11H,4-6,8-9H2,1H3. The summed E-state index contributed by atoms with van der Waals surface area (Å²) in [6, 6.07) is 6.26. The summed E-state index contributed by atoms with van der Waals surface area (Å²) in [6.45, 7) is 3.92. The normalized spacial score (nSPS) is 17.1. The first-order valence-corrected chi connectivity index (χ1v) is 5.72. The van der Waals surface area contributed by atoms with Crippen LogP contribution in [0.3, 0.4) is 0 Å². The molecule has 0 atom stereocenters. The molecule has 2 rings (SSSR count). The Morgan fingerprint density at radius 3 is 2.69 bits per heavy atom. The third kappa shape index (κ3) is 2.48. The van der Waals surface area contributed by atoms with Crippen LogP contribution in [0.2, 0.25) is 0 Å². The van der Waals surface area contributed by atoms with Crippen LogP contribution in [-0.4, -0.2) is 23.3 Å². The number of hydrogen-bond acceptors (Lipinski definition) is 4. The van der Waals surface area contributed by atoms with Crippen LogP contribution >= 0.6 is 0 Å². The monoisotopic (exact) mass is 216 g/mol. The average Bonchev–Trinajstić information content (AvgIpc) is 2.32. The van der Waals surface area contributed by atoms with Crippen molar-refractivity contribution >= 4 is 5.82 Å². The van der Waals surface area contributed by atoms with Crippen molar-refractivity contribution in [1.29, 1.82) is 5.26 Å². The van der Waals surface area contributed by atoms with E-state index < -0.39 is 0 Å². The van der Waals surface area contributed by atoms with Crippen LogP contribution in [0.4, 0.5) is 5.82 Å². The van der Waals surface area contributed by atoms with Crippen molar-refractivity contribution in [3.05, 3.63) is 17.8 Å². The van der Waals surface area contributed by atoms with Crippen LogP contribution < -0.4 is 4.90 Å². The van der Waals surface area contributed by atoms with E-state index in [-0.39, 0.29) is 0 Å². The molecular weight excluding hydrogens is 200 g/mol. The van der Waals surface area contributed by atoms with Crippen molar-refractivity contribution in [2.45, 2.75) is 26.2 Å². The fraction of sp³-hybridized carbons (Fsp3) is 0.583. The Morgan fingerprint density at radius 1 is 1.38 bits per heavy atom. The molecule has 0 amide bonds. The van der Waals surface area contributed by atoms with Crippen molar-refractivity contribution in [3.63, 3.8) is 0 Å². The molecule has 1 aromatic heterocycles. The van der Waals surface area contributed by atoms with Crippen molar-refractivity contribution in [2.24, 2.45) is 5.92 Å². The third-order valence-corrected chi connectivity index (χ3v) is 3.10. The van der Waals surface area contributed by atoms with Gasteiger partial charge in [-0.15, -0.1) is 5.10 Å². The molecule has 4 nitrogen and oxygen atoms in total. The first kappa shape index (κ1) is 10.9. The van der Waals surface area contributed by atoms with Crippen LogP contribution in [-0.2, 0) is 0 Å².